The van der Waals surface area contributed by atoms with Crippen molar-refractivity contribution in [3.8, 4) is 0 Å². The molecule has 0 fully saturated rings. The van der Waals surface area contributed by atoms with Crippen LogP contribution in [0, 0.1) is 0 Å². The summed E-state index contributed by atoms with van der Waals surface area (Å²) in [6.07, 6.45) is 14.0. The monoisotopic (exact) mass is 272 g/mol. The second-order valence-corrected chi connectivity index (χ2v) is 5.70. The van der Waals surface area contributed by atoms with Gasteiger partial charge < -0.3 is 9.84 Å². The van der Waals surface area contributed by atoms with Gasteiger partial charge in [-0.25, -0.2) is 0 Å². The quantitative estimate of drug-likeness (QED) is 0.447. The van der Waals surface area contributed by atoms with Crippen LogP contribution in [0.4, 0.5) is 0 Å². The van der Waals surface area contributed by atoms with Crippen molar-refractivity contribution in [3.63, 3.8) is 0 Å². The molecule has 0 aliphatic heterocycles. The van der Waals surface area contributed by atoms with Crippen molar-refractivity contribution in [1.82, 2.24) is 0 Å². The molecule has 2 atom stereocenters. The molecule has 0 heterocycles. The molecule has 0 bridgehead atoms. The Hall–Kier alpha value is -0.0800. The lowest BCUT2D eigenvalue weighted by atomic mass is 10.0. The van der Waals surface area contributed by atoms with E-state index in [0.29, 0.717) is 6.61 Å². The summed E-state index contributed by atoms with van der Waals surface area (Å²) in [6, 6.07) is 0. The first kappa shape index (κ1) is 18.9. The molecule has 0 aliphatic rings. The van der Waals surface area contributed by atoms with Crippen LogP contribution in [-0.4, -0.2) is 23.9 Å². The summed E-state index contributed by atoms with van der Waals surface area (Å²) in [6.45, 7) is 6.89. The number of rotatable bonds is 14. The van der Waals surface area contributed by atoms with Crippen molar-refractivity contribution in [2.24, 2.45) is 0 Å². The fraction of sp³-hybridized carbons (Fsp3) is 1.00. The third-order valence-corrected chi connectivity index (χ3v) is 3.82. The van der Waals surface area contributed by atoms with Gasteiger partial charge in [0.1, 0.15) is 0 Å². The standard InChI is InChI=1S/C17H36O2/c1-4-6-7-8-9-10-11-12-13-14-15-17(18)16(3)19-5-2/h16-18H,4-15H2,1-3H3. The van der Waals surface area contributed by atoms with E-state index in [9.17, 15) is 5.11 Å². The van der Waals surface area contributed by atoms with Crippen molar-refractivity contribution in [3.05, 3.63) is 0 Å². The van der Waals surface area contributed by atoms with Gasteiger partial charge >= 0.3 is 0 Å². The van der Waals surface area contributed by atoms with E-state index in [1.165, 1.54) is 57.8 Å². The molecule has 0 spiro atoms. The zero-order chi connectivity index (χ0) is 14.3. The van der Waals surface area contributed by atoms with Gasteiger partial charge in [0, 0.05) is 6.61 Å². The molecule has 1 N–H and O–H groups in total. The number of ether oxygens (including phenoxy) is 1. The Morgan fingerprint density at radius 2 is 1.26 bits per heavy atom. The second-order valence-electron chi connectivity index (χ2n) is 5.70. The van der Waals surface area contributed by atoms with Gasteiger partial charge in [0.25, 0.3) is 0 Å². The van der Waals surface area contributed by atoms with E-state index in [1.54, 1.807) is 0 Å². The van der Waals surface area contributed by atoms with Crippen LogP contribution in [0.3, 0.4) is 0 Å². The van der Waals surface area contributed by atoms with E-state index in [-0.39, 0.29) is 12.2 Å². The molecule has 0 radical (unpaired) electrons. The average molecular weight is 272 g/mol. The van der Waals surface area contributed by atoms with Crippen molar-refractivity contribution in [2.75, 3.05) is 6.61 Å². The second kappa shape index (κ2) is 14.3. The molecule has 0 aromatic carbocycles. The first-order chi connectivity index (χ1) is 9.22. The molecule has 0 saturated carbocycles. The Morgan fingerprint density at radius 1 is 0.789 bits per heavy atom. The Labute approximate surface area is 120 Å². The fourth-order valence-corrected chi connectivity index (χ4v) is 2.45. The smallest absolute Gasteiger partial charge is 0.0805 e. The highest BCUT2D eigenvalue weighted by atomic mass is 16.5. The Bertz CT molecular complexity index is 171. The number of hydrogen-bond donors (Lipinski definition) is 1. The molecule has 2 unspecified atom stereocenters. The van der Waals surface area contributed by atoms with Crippen LogP contribution in [0.25, 0.3) is 0 Å². The molecular weight excluding hydrogens is 236 g/mol. The number of aliphatic hydroxyl groups is 1. The zero-order valence-electron chi connectivity index (χ0n) is 13.5. The summed E-state index contributed by atoms with van der Waals surface area (Å²) in [5, 5.41) is 9.85. The molecule has 0 aromatic rings. The van der Waals surface area contributed by atoms with Crippen molar-refractivity contribution >= 4 is 0 Å². The van der Waals surface area contributed by atoms with E-state index in [4.69, 9.17) is 4.74 Å². The molecule has 19 heavy (non-hydrogen) atoms. The lowest BCUT2D eigenvalue weighted by Gasteiger charge is -2.18. The summed E-state index contributed by atoms with van der Waals surface area (Å²) >= 11 is 0. The van der Waals surface area contributed by atoms with E-state index in [0.717, 1.165) is 12.8 Å². The third kappa shape index (κ3) is 12.7. The van der Waals surface area contributed by atoms with Crippen LogP contribution in [0.1, 0.15) is 91.4 Å². The molecular formula is C17H36O2. The highest BCUT2D eigenvalue weighted by molar-refractivity contribution is 4.64. The molecule has 0 aromatic heterocycles. The summed E-state index contributed by atoms with van der Waals surface area (Å²) in [4.78, 5) is 0. The van der Waals surface area contributed by atoms with Crippen molar-refractivity contribution < 1.29 is 9.84 Å². The molecule has 0 saturated heterocycles. The Kier molecular flexibility index (Phi) is 14.3. The largest absolute Gasteiger partial charge is 0.390 e. The van der Waals surface area contributed by atoms with Gasteiger partial charge in [0.15, 0.2) is 0 Å². The van der Waals surface area contributed by atoms with Gasteiger partial charge in [-0.2, -0.15) is 0 Å². The van der Waals surface area contributed by atoms with E-state index in [2.05, 4.69) is 6.92 Å². The predicted octanol–water partition coefficient (Wildman–Crippen LogP) is 5.08. The van der Waals surface area contributed by atoms with Gasteiger partial charge in [0.2, 0.25) is 0 Å². The Balaban J connectivity index is 3.18. The fourth-order valence-electron chi connectivity index (χ4n) is 2.45. The van der Waals surface area contributed by atoms with Gasteiger partial charge in [-0.3, -0.25) is 0 Å². The zero-order valence-corrected chi connectivity index (χ0v) is 13.5. The third-order valence-electron chi connectivity index (χ3n) is 3.82. The van der Waals surface area contributed by atoms with Gasteiger partial charge in [-0.15, -0.1) is 0 Å². The maximum atomic E-state index is 9.85. The molecule has 0 rings (SSSR count). The maximum absolute atomic E-state index is 9.85. The number of hydrogen-bond acceptors (Lipinski definition) is 2. The molecule has 0 aliphatic carbocycles. The number of unbranched alkanes of at least 4 members (excludes halogenated alkanes) is 9. The van der Waals surface area contributed by atoms with E-state index in [1.807, 2.05) is 13.8 Å². The van der Waals surface area contributed by atoms with Crippen LogP contribution >= 0.6 is 0 Å². The molecule has 116 valence electrons. The number of aliphatic hydroxyl groups excluding tert-OH is 1. The maximum Gasteiger partial charge on any atom is 0.0805 e. The van der Waals surface area contributed by atoms with Gasteiger partial charge in [0.05, 0.1) is 12.2 Å². The molecule has 2 nitrogen and oxygen atoms in total. The minimum absolute atomic E-state index is 0.0106. The SMILES string of the molecule is CCCCCCCCCCCCC(O)C(C)OCC. The first-order valence-electron chi connectivity index (χ1n) is 8.52. The lowest BCUT2D eigenvalue weighted by Crippen LogP contribution is -2.25. The Morgan fingerprint density at radius 3 is 1.74 bits per heavy atom. The molecule has 2 heteroatoms. The first-order valence-corrected chi connectivity index (χ1v) is 8.52. The van der Waals surface area contributed by atoms with Crippen LogP contribution in [-0.2, 0) is 4.74 Å². The van der Waals surface area contributed by atoms with Crippen LogP contribution < -0.4 is 0 Å². The minimum atomic E-state index is -0.283. The minimum Gasteiger partial charge on any atom is -0.390 e. The summed E-state index contributed by atoms with van der Waals surface area (Å²) in [5.74, 6) is 0. The topological polar surface area (TPSA) is 29.5 Å². The summed E-state index contributed by atoms with van der Waals surface area (Å²) in [5.41, 5.74) is 0. The molecule has 0 amide bonds. The lowest BCUT2D eigenvalue weighted by molar-refractivity contribution is -0.0256. The van der Waals surface area contributed by atoms with E-state index >= 15 is 0 Å². The highest BCUT2D eigenvalue weighted by Crippen LogP contribution is 2.13. The predicted molar refractivity (Wildman–Crippen MR) is 83.6 cm³/mol. The van der Waals surface area contributed by atoms with Crippen molar-refractivity contribution in [1.29, 1.82) is 0 Å². The normalized spacial score (nSPS) is 14.5. The summed E-state index contributed by atoms with van der Waals surface area (Å²) < 4.78 is 5.40. The van der Waals surface area contributed by atoms with Crippen molar-refractivity contribution in [2.45, 2.75) is 104 Å². The van der Waals surface area contributed by atoms with E-state index < -0.39 is 0 Å². The average Bonchev–Trinajstić information content (AvgIpc) is 2.41. The summed E-state index contributed by atoms with van der Waals surface area (Å²) in [7, 11) is 0. The van der Waals surface area contributed by atoms with Gasteiger partial charge in [-0.05, 0) is 20.3 Å². The highest BCUT2D eigenvalue weighted by Gasteiger charge is 2.12. The van der Waals surface area contributed by atoms with Gasteiger partial charge in [-0.1, -0.05) is 71.1 Å². The van der Waals surface area contributed by atoms with Crippen LogP contribution in [0.15, 0.2) is 0 Å². The van der Waals surface area contributed by atoms with Crippen LogP contribution in [0.5, 0.6) is 0 Å². The van der Waals surface area contributed by atoms with Crippen LogP contribution in [0.2, 0.25) is 0 Å².